The third kappa shape index (κ3) is 4.60. The van der Waals surface area contributed by atoms with E-state index in [1.165, 1.54) is 23.9 Å². The van der Waals surface area contributed by atoms with Crippen molar-refractivity contribution in [1.82, 2.24) is 19.7 Å². The fourth-order valence-electron chi connectivity index (χ4n) is 2.41. The summed E-state index contributed by atoms with van der Waals surface area (Å²) < 4.78 is 1.75. The number of carbonyl (C=O) groups excluding carboxylic acids is 1. The van der Waals surface area contributed by atoms with Crippen molar-refractivity contribution in [3.63, 3.8) is 0 Å². The van der Waals surface area contributed by atoms with E-state index in [4.69, 9.17) is 0 Å². The van der Waals surface area contributed by atoms with Gasteiger partial charge >= 0.3 is 0 Å². The standard InChI is InChI=1S/C18H16N6O3S/c1-2-10-23-17(13-6-5-7-14(11-13)24(26)27)21-22-18(23)28-12-16(25)20-15-8-3-4-9-19-15/h2-9,11H,1,10,12H2,(H,19,20,25). The first-order valence-electron chi connectivity index (χ1n) is 8.21. The number of anilines is 1. The Morgan fingerprint density at radius 1 is 1.29 bits per heavy atom. The van der Waals surface area contributed by atoms with Gasteiger partial charge in [-0.05, 0) is 12.1 Å². The number of nitrogens with one attached hydrogen (secondary N) is 1. The molecular weight excluding hydrogens is 380 g/mol. The Morgan fingerprint density at radius 2 is 2.14 bits per heavy atom. The van der Waals surface area contributed by atoms with Crippen molar-refractivity contribution in [3.8, 4) is 11.4 Å². The van der Waals surface area contributed by atoms with Crippen LogP contribution in [-0.4, -0.2) is 36.3 Å². The molecule has 1 amide bonds. The second-order valence-electron chi connectivity index (χ2n) is 5.56. The predicted octanol–water partition coefficient (Wildman–Crippen LogP) is 3.17. The van der Waals surface area contributed by atoms with Crippen molar-refractivity contribution in [2.45, 2.75) is 11.7 Å². The van der Waals surface area contributed by atoms with Gasteiger partial charge in [0.15, 0.2) is 11.0 Å². The summed E-state index contributed by atoms with van der Waals surface area (Å²) in [6.45, 7) is 4.12. The molecule has 142 valence electrons. The molecule has 0 aliphatic rings. The van der Waals surface area contributed by atoms with Gasteiger partial charge in [0.25, 0.3) is 5.69 Å². The van der Waals surface area contributed by atoms with Crippen molar-refractivity contribution < 1.29 is 9.72 Å². The Balaban J connectivity index is 1.77. The second kappa shape index (κ2) is 8.91. The number of benzene rings is 1. The Morgan fingerprint density at radius 3 is 2.86 bits per heavy atom. The van der Waals surface area contributed by atoms with Crippen LogP contribution in [0.4, 0.5) is 11.5 Å². The maximum atomic E-state index is 12.1. The summed E-state index contributed by atoms with van der Waals surface area (Å²) in [5, 5.41) is 22.5. The molecule has 0 bridgehead atoms. The summed E-state index contributed by atoms with van der Waals surface area (Å²) in [5.41, 5.74) is 0.530. The average Bonchev–Trinajstić information content (AvgIpc) is 3.10. The molecule has 3 rings (SSSR count). The number of pyridine rings is 1. The number of thioether (sulfide) groups is 1. The van der Waals surface area contributed by atoms with E-state index >= 15 is 0 Å². The van der Waals surface area contributed by atoms with Gasteiger partial charge < -0.3 is 5.32 Å². The number of nitro benzene ring substituents is 1. The van der Waals surface area contributed by atoms with Crippen LogP contribution in [0.1, 0.15) is 0 Å². The third-order valence-corrected chi connectivity index (χ3v) is 4.58. The number of carbonyl (C=O) groups is 1. The Labute approximate surface area is 164 Å². The molecule has 0 saturated heterocycles. The van der Waals surface area contributed by atoms with Crippen LogP contribution in [0.3, 0.4) is 0 Å². The van der Waals surface area contributed by atoms with Gasteiger partial charge in [0.2, 0.25) is 5.91 Å². The lowest BCUT2D eigenvalue weighted by Gasteiger charge is -2.08. The lowest BCUT2D eigenvalue weighted by Crippen LogP contribution is -2.15. The van der Waals surface area contributed by atoms with E-state index in [0.717, 1.165) is 0 Å². The molecule has 9 nitrogen and oxygen atoms in total. The molecule has 0 unspecified atom stereocenters. The van der Waals surface area contributed by atoms with Crippen LogP contribution < -0.4 is 5.32 Å². The maximum Gasteiger partial charge on any atom is 0.270 e. The highest BCUT2D eigenvalue weighted by atomic mass is 32.2. The summed E-state index contributed by atoms with van der Waals surface area (Å²) in [6, 6.07) is 11.4. The fourth-order valence-corrected chi connectivity index (χ4v) is 3.15. The van der Waals surface area contributed by atoms with Gasteiger partial charge in [-0.25, -0.2) is 4.98 Å². The van der Waals surface area contributed by atoms with Crippen molar-refractivity contribution in [2.75, 3.05) is 11.1 Å². The van der Waals surface area contributed by atoms with Crippen molar-refractivity contribution >= 4 is 29.2 Å². The molecule has 0 aliphatic carbocycles. The van der Waals surface area contributed by atoms with Crippen LogP contribution in [0.5, 0.6) is 0 Å². The zero-order chi connectivity index (χ0) is 19.9. The van der Waals surface area contributed by atoms with Gasteiger partial charge in [0, 0.05) is 30.4 Å². The summed E-state index contributed by atoms with van der Waals surface area (Å²) in [4.78, 5) is 26.7. The van der Waals surface area contributed by atoms with Gasteiger partial charge in [-0.15, -0.1) is 16.8 Å². The number of allylic oxidation sites excluding steroid dienone is 1. The van der Waals surface area contributed by atoms with Crippen molar-refractivity contribution in [2.24, 2.45) is 0 Å². The highest BCUT2D eigenvalue weighted by molar-refractivity contribution is 7.99. The van der Waals surface area contributed by atoms with Gasteiger partial charge in [-0.1, -0.05) is 36.0 Å². The molecule has 0 atom stereocenters. The van der Waals surface area contributed by atoms with E-state index in [0.29, 0.717) is 28.9 Å². The van der Waals surface area contributed by atoms with Crippen LogP contribution in [-0.2, 0) is 11.3 Å². The third-order valence-electron chi connectivity index (χ3n) is 3.61. The minimum Gasteiger partial charge on any atom is -0.310 e. The van der Waals surface area contributed by atoms with E-state index in [1.807, 2.05) is 0 Å². The number of hydrogen-bond donors (Lipinski definition) is 1. The van der Waals surface area contributed by atoms with E-state index in [1.54, 1.807) is 47.2 Å². The first kappa shape index (κ1) is 19.2. The molecule has 3 aromatic rings. The quantitative estimate of drug-likeness (QED) is 0.269. The van der Waals surface area contributed by atoms with Crippen LogP contribution in [0.15, 0.2) is 66.5 Å². The summed E-state index contributed by atoms with van der Waals surface area (Å²) in [7, 11) is 0. The van der Waals surface area contributed by atoms with Gasteiger partial charge in [-0.3, -0.25) is 19.5 Å². The molecule has 28 heavy (non-hydrogen) atoms. The summed E-state index contributed by atoms with van der Waals surface area (Å²) in [5.74, 6) is 0.823. The first-order valence-corrected chi connectivity index (χ1v) is 9.19. The summed E-state index contributed by atoms with van der Waals surface area (Å²) >= 11 is 1.21. The number of non-ortho nitro benzene ring substituents is 1. The van der Waals surface area contributed by atoms with E-state index in [2.05, 4.69) is 27.1 Å². The van der Waals surface area contributed by atoms with Crippen LogP contribution in [0.2, 0.25) is 0 Å². The molecule has 2 heterocycles. The zero-order valence-electron chi connectivity index (χ0n) is 14.7. The van der Waals surface area contributed by atoms with Crippen LogP contribution >= 0.6 is 11.8 Å². The topological polar surface area (TPSA) is 116 Å². The van der Waals surface area contributed by atoms with Crippen LogP contribution in [0, 0.1) is 10.1 Å². The van der Waals surface area contributed by atoms with E-state index in [9.17, 15) is 14.9 Å². The number of hydrogen-bond acceptors (Lipinski definition) is 7. The number of aromatic nitrogens is 4. The molecule has 2 aromatic heterocycles. The van der Waals surface area contributed by atoms with Gasteiger partial charge in [0.1, 0.15) is 5.82 Å². The molecular formula is C18H16N6O3S. The normalized spacial score (nSPS) is 10.4. The molecule has 1 aromatic carbocycles. The van der Waals surface area contributed by atoms with Crippen molar-refractivity contribution in [1.29, 1.82) is 0 Å². The highest BCUT2D eigenvalue weighted by Crippen LogP contribution is 2.26. The minimum atomic E-state index is -0.463. The van der Waals surface area contributed by atoms with Gasteiger partial charge in [0.05, 0.1) is 10.7 Å². The lowest BCUT2D eigenvalue weighted by molar-refractivity contribution is -0.384. The molecule has 10 heteroatoms. The smallest absolute Gasteiger partial charge is 0.270 e. The molecule has 0 aliphatic heterocycles. The molecule has 0 radical (unpaired) electrons. The fraction of sp³-hybridized carbons (Fsp3) is 0.111. The molecule has 0 fully saturated rings. The zero-order valence-corrected chi connectivity index (χ0v) is 15.5. The Hall–Kier alpha value is -3.53. The second-order valence-corrected chi connectivity index (χ2v) is 6.51. The maximum absolute atomic E-state index is 12.1. The van der Waals surface area contributed by atoms with E-state index < -0.39 is 4.92 Å². The first-order chi connectivity index (χ1) is 13.6. The average molecular weight is 396 g/mol. The molecule has 1 N–H and O–H groups in total. The SMILES string of the molecule is C=CCn1c(SCC(=O)Nc2ccccn2)nnc1-c1cccc([N+](=O)[O-])c1. The number of nitro groups is 1. The minimum absolute atomic E-state index is 0.0328. The Bertz CT molecular complexity index is 1010. The predicted molar refractivity (Wildman–Crippen MR) is 106 cm³/mol. The molecule has 0 saturated carbocycles. The largest absolute Gasteiger partial charge is 0.310 e. The molecule has 0 spiro atoms. The Kier molecular flexibility index (Phi) is 6.12. The monoisotopic (exact) mass is 396 g/mol. The lowest BCUT2D eigenvalue weighted by atomic mass is 10.2. The number of amides is 1. The van der Waals surface area contributed by atoms with Crippen LogP contribution in [0.25, 0.3) is 11.4 Å². The summed E-state index contributed by atoms with van der Waals surface area (Å²) in [6.07, 6.45) is 3.26. The number of rotatable bonds is 8. The highest BCUT2D eigenvalue weighted by Gasteiger charge is 2.17. The van der Waals surface area contributed by atoms with Crippen molar-refractivity contribution in [3.05, 3.63) is 71.4 Å². The number of nitrogens with zero attached hydrogens (tertiary/aromatic N) is 5. The van der Waals surface area contributed by atoms with Gasteiger partial charge in [-0.2, -0.15) is 0 Å². The van der Waals surface area contributed by atoms with E-state index in [-0.39, 0.29) is 17.3 Å².